The highest BCUT2D eigenvalue weighted by Gasteiger charge is 2.34. The predicted octanol–water partition coefficient (Wildman–Crippen LogP) is 1.61. The van der Waals surface area contributed by atoms with Crippen LogP contribution in [0.1, 0.15) is 52.9 Å². The Morgan fingerprint density at radius 1 is 0.955 bits per heavy atom. The van der Waals surface area contributed by atoms with Crippen LogP contribution >= 0.6 is 0 Å². The van der Waals surface area contributed by atoms with E-state index in [1.807, 2.05) is 30.6 Å². The number of hydrogen-bond acceptors (Lipinski definition) is 3. The molecule has 0 aromatic heterocycles. The Morgan fingerprint density at radius 3 is 1.95 bits per heavy atom. The summed E-state index contributed by atoms with van der Waals surface area (Å²) < 4.78 is 0. The van der Waals surface area contributed by atoms with Gasteiger partial charge in [0.15, 0.2) is 0 Å². The molecule has 0 unspecified atom stereocenters. The van der Waals surface area contributed by atoms with E-state index in [9.17, 15) is 9.59 Å². The highest BCUT2D eigenvalue weighted by atomic mass is 16.2. The number of carbonyl (C=O) groups excluding carboxylic acids is 2. The number of hydrogen-bond donors (Lipinski definition) is 1. The first kappa shape index (κ1) is 17.3. The highest BCUT2D eigenvalue weighted by molar-refractivity contribution is 5.83. The van der Waals surface area contributed by atoms with E-state index in [2.05, 4.69) is 0 Å². The zero-order chi connectivity index (χ0) is 16.3. The average molecular weight is 309 g/mol. The topological polar surface area (TPSA) is 66.6 Å². The second kappa shape index (κ2) is 6.99. The van der Waals surface area contributed by atoms with E-state index in [1.165, 1.54) is 19.3 Å². The van der Waals surface area contributed by atoms with Crippen LogP contribution in [-0.2, 0) is 9.59 Å². The first-order valence-electron chi connectivity index (χ1n) is 8.64. The number of rotatable bonds is 2. The smallest absolute Gasteiger partial charge is 0.240 e. The van der Waals surface area contributed by atoms with Gasteiger partial charge >= 0.3 is 0 Å². The molecule has 0 spiro atoms. The summed E-state index contributed by atoms with van der Waals surface area (Å²) >= 11 is 0. The molecule has 0 aromatic carbocycles. The minimum absolute atomic E-state index is 0.0114. The van der Waals surface area contributed by atoms with Crippen LogP contribution in [0.25, 0.3) is 0 Å². The van der Waals surface area contributed by atoms with E-state index < -0.39 is 6.04 Å². The zero-order valence-electron chi connectivity index (χ0n) is 14.3. The van der Waals surface area contributed by atoms with E-state index in [-0.39, 0.29) is 17.2 Å². The van der Waals surface area contributed by atoms with E-state index in [1.54, 1.807) is 0 Å². The number of carbonyl (C=O) groups is 2. The lowest BCUT2D eigenvalue weighted by atomic mass is 9.86. The highest BCUT2D eigenvalue weighted by Crippen LogP contribution is 2.26. The normalized spacial score (nSPS) is 22.5. The van der Waals surface area contributed by atoms with Gasteiger partial charge in [0, 0.05) is 32.1 Å². The molecule has 22 heavy (non-hydrogen) atoms. The number of amides is 2. The quantitative estimate of drug-likeness (QED) is 0.843. The van der Waals surface area contributed by atoms with E-state index in [0.717, 1.165) is 12.8 Å². The summed E-state index contributed by atoms with van der Waals surface area (Å²) in [4.78, 5) is 28.7. The Bertz CT molecular complexity index is 403. The van der Waals surface area contributed by atoms with Gasteiger partial charge in [0.1, 0.15) is 0 Å². The number of piperazine rings is 1. The van der Waals surface area contributed by atoms with E-state index in [4.69, 9.17) is 5.73 Å². The molecule has 1 atom stereocenters. The molecular formula is C17H31N3O2. The van der Waals surface area contributed by atoms with Gasteiger partial charge in [-0.25, -0.2) is 0 Å². The molecule has 0 bridgehead atoms. The standard InChI is InChI=1S/C17H31N3O2/c1-17(2,3)14(18)16(22)20-11-9-19(10-12-20)15(21)13-7-5-4-6-8-13/h13-14H,4-12,18H2,1-3H3/t14-/m1/s1. The molecular weight excluding hydrogens is 278 g/mol. The van der Waals surface area contributed by atoms with Crippen molar-refractivity contribution in [1.29, 1.82) is 0 Å². The lowest BCUT2D eigenvalue weighted by Crippen LogP contribution is -2.57. The fraction of sp³-hybridized carbons (Fsp3) is 0.882. The summed E-state index contributed by atoms with van der Waals surface area (Å²) in [5, 5.41) is 0. The third kappa shape index (κ3) is 4.00. The molecule has 2 N–H and O–H groups in total. The van der Waals surface area contributed by atoms with Crippen molar-refractivity contribution in [3.05, 3.63) is 0 Å². The van der Waals surface area contributed by atoms with Crippen molar-refractivity contribution in [1.82, 2.24) is 9.80 Å². The molecule has 1 heterocycles. The molecule has 1 aliphatic heterocycles. The van der Waals surface area contributed by atoms with Gasteiger partial charge in [0.25, 0.3) is 0 Å². The van der Waals surface area contributed by atoms with E-state index >= 15 is 0 Å². The molecule has 126 valence electrons. The summed E-state index contributed by atoms with van der Waals surface area (Å²) in [6.07, 6.45) is 5.68. The van der Waals surface area contributed by atoms with Crippen LogP contribution in [-0.4, -0.2) is 53.8 Å². The van der Waals surface area contributed by atoms with E-state index in [0.29, 0.717) is 32.1 Å². The summed E-state index contributed by atoms with van der Waals surface area (Å²) in [5.41, 5.74) is 5.83. The summed E-state index contributed by atoms with van der Waals surface area (Å²) in [6, 6.07) is -0.479. The van der Waals surface area contributed by atoms with Crippen LogP contribution < -0.4 is 5.73 Å². The van der Waals surface area contributed by atoms with Gasteiger partial charge in [0.2, 0.25) is 11.8 Å². The minimum atomic E-state index is -0.479. The SMILES string of the molecule is CC(C)(C)[C@H](N)C(=O)N1CCN(C(=O)C2CCCCC2)CC1. The average Bonchev–Trinajstić information content (AvgIpc) is 2.53. The molecule has 1 saturated carbocycles. The van der Waals surface area contributed by atoms with Crippen LogP contribution in [0.5, 0.6) is 0 Å². The van der Waals surface area contributed by atoms with Crippen molar-refractivity contribution >= 4 is 11.8 Å². The van der Waals surface area contributed by atoms with Crippen LogP contribution in [0.15, 0.2) is 0 Å². The number of nitrogens with two attached hydrogens (primary N) is 1. The van der Waals surface area contributed by atoms with Crippen molar-refractivity contribution in [3.8, 4) is 0 Å². The van der Waals surface area contributed by atoms with Gasteiger partial charge in [-0.1, -0.05) is 40.0 Å². The Hall–Kier alpha value is -1.10. The fourth-order valence-electron chi connectivity index (χ4n) is 3.32. The van der Waals surface area contributed by atoms with Crippen LogP contribution in [0.3, 0.4) is 0 Å². The maximum absolute atomic E-state index is 12.5. The Labute approximate surface area is 134 Å². The Morgan fingerprint density at radius 2 is 1.45 bits per heavy atom. The third-order valence-electron chi connectivity index (χ3n) is 5.06. The molecule has 2 fully saturated rings. The van der Waals surface area contributed by atoms with Crippen molar-refractivity contribution in [2.75, 3.05) is 26.2 Å². The number of nitrogens with zero attached hydrogens (tertiary/aromatic N) is 2. The molecule has 2 rings (SSSR count). The van der Waals surface area contributed by atoms with Crippen LogP contribution in [0.2, 0.25) is 0 Å². The summed E-state index contributed by atoms with van der Waals surface area (Å²) in [6.45, 7) is 8.48. The largest absolute Gasteiger partial charge is 0.339 e. The molecule has 1 aliphatic carbocycles. The Balaban J connectivity index is 1.85. The third-order valence-corrected chi connectivity index (χ3v) is 5.06. The summed E-state index contributed by atoms with van der Waals surface area (Å²) in [5.74, 6) is 0.525. The molecule has 2 amide bonds. The van der Waals surface area contributed by atoms with Gasteiger partial charge in [-0.15, -0.1) is 0 Å². The monoisotopic (exact) mass is 309 g/mol. The maximum atomic E-state index is 12.5. The lowest BCUT2D eigenvalue weighted by molar-refractivity contribution is -0.144. The predicted molar refractivity (Wildman–Crippen MR) is 87.2 cm³/mol. The molecule has 5 heteroatoms. The van der Waals surface area contributed by atoms with Crippen molar-refractivity contribution < 1.29 is 9.59 Å². The maximum Gasteiger partial charge on any atom is 0.240 e. The van der Waals surface area contributed by atoms with Gasteiger partial charge in [0.05, 0.1) is 6.04 Å². The zero-order valence-corrected chi connectivity index (χ0v) is 14.3. The molecule has 0 radical (unpaired) electrons. The fourth-order valence-corrected chi connectivity index (χ4v) is 3.32. The van der Waals surface area contributed by atoms with Gasteiger partial charge in [-0.05, 0) is 18.3 Å². The second-order valence-electron chi connectivity index (χ2n) is 7.83. The van der Waals surface area contributed by atoms with Gasteiger partial charge in [-0.3, -0.25) is 9.59 Å². The van der Waals surface area contributed by atoms with Crippen LogP contribution in [0.4, 0.5) is 0 Å². The van der Waals surface area contributed by atoms with Crippen molar-refractivity contribution in [2.45, 2.75) is 58.9 Å². The molecule has 5 nitrogen and oxygen atoms in total. The first-order valence-corrected chi connectivity index (χ1v) is 8.64. The molecule has 0 aromatic rings. The Kier molecular flexibility index (Phi) is 5.48. The molecule has 2 aliphatic rings. The minimum Gasteiger partial charge on any atom is -0.339 e. The van der Waals surface area contributed by atoms with Crippen molar-refractivity contribution in [3.63, 3.8) is 0 Å². The lowest BCUT2D eigenvalue weighted by Gasteiger charge is -2.39. The first-order chi connectivity index (χ1) is 10.3. The van der Waals surface area contributed by atoms with Gasteiger partial charge < -0.3 is 15.5 Å². The van der Waals surface area contributed by atoms with Gasteiger partial charge in [-0.2, -0.15) is 0 Å². The second-order valence-corrected chi connectivity index (χ2v) is 7.83. The molecule has 1 saturated heterocycles. The van der Waals surface area contributed by atoms with Crippen LogP contribution in [0, 0.1) is 11.3 Å². The summed E-state index contributed by atoms with van der Waals surface area (Å²) in [7, 11) is 0. The van der Waals surface area contributed by atoms with Crippen molar-refractivity contribution in [2.24, 2.45) is 17.1 Å².